The maximum atomic E-state index is 2.24. The van der Waals surface area contributed by atoms with Crippen molar-refractivity contribution >= 4 is 81.9 Å². The number of rotatable bonds is 2. The molecule has 0 aliphatic carbocycles. The summed E-state index contributed by atoms with van der Waals surface area (Å²) in [6.07, 6.45) is 0. The Morgan fingerprint density at radius 1 is 0.571 bits per heavy atom. The van der Waals surface area contributed by atoms with Crippen molar-refractivity contribution in [1.29, 1.82) is 0 Å². The van der Waals surface area contributed by atoms with Crippen LogP contribution in [0.1, 0.15) is 0 Å². The summed E-state index contributed by atoms with van der Waals surface area (Å²) in [5.74, 6) is 0. The maximum Gasteiger partial charge on any atom is 0.0805 e. The van der Waals surface area contributed by atoms with Gasteiger partial charge >= 0.3 is 0 Å². The molecule has 1 aromatic heterocycles. The molecule has 0 nitrogen and oxygen atoms in total. The third-order valence-electron chi connectivity index (χ3n) is 4.40. The lowest BCUT2D eigenvalue weighted by Gasteiger charge is -2.08. The van der Waals surface area contributed by atoms with Crippen LogP contribution in [-0.2, 0) is 0 Å². The maximum absolute atomic E-state index is 2.24. The lowest BCUT2D eigenvalue weighted by atomic mass is 10.0. The van der Waals surface area contributed by atoms with Crippen molar-refractivity contribution < 1.29 is 0 Å². The van der Waals surface area contributed by atoms with Crippen LogP contribution in [0.3, 0.4) is 0 Å². The van der Waals surface area contributed by atoms with Gasteiger partial charge in [0.2, 0.25) is 0 Å². The fraction of sp³-hybridized carbons (Fsp3) is 0.0476. The van der Waals surface area contributed by atoms with E-state index in [1.807, 2.05) is 81.9 Å². The highest BCUT2D eigenvalue weighted by molar-refractivity contribution is 8.46. The molecule has 3 aliphatic heterocycles. The molecule has 7 heteroatoms. The molecule has 0 N–H and O–H groups in total. The van der Waals surface area contributed by atoms with Crippen molar-refractivity contribution in [2.45, 2.75) is 9.10 Å². The Morgan fingerprint density at radius 3 is 1.86 bits per heavy atom. The molecule has 0 spiro atoms. The van der Waals surface area contributed by atoms with E-state index in [1.54, 1.807) is 0 Å². The van der Waals surface area contributed by atoms with Gasteiger partial charge in [0.1, 0.15) is 0 Å². The van der Waals surface area contributed by atoms with Gasteiger partial charge in [-0.25, -0.2) is 0 Å². The van der Waals surface area contributed by atoms with Crippen LogP contribution in [0.4, 0.5) is 0 Å². The molecule has 0 unspecified atom stereocenters. The van der Waals surface area contributed by atoms with E-state index in [-0.39, 0.29) is 0 Å². The number of thioether (sulfide) groups is 6. The SMILES string of the molecule is c1ccc(-c2sc3c(c2-c2ccccc2)SC(=C2SC4=C(SCS4)S2)S3)cc1. The molecular formula is C21H12S7. The molecule has 0 bridgehead atoms. The van der Waals surface area contributed by atoms with Crippen LogP contribution in [0, 0.1) is 0 Å². The van der Waals surface area contributed by atoms with Gasteiger partial charge in [0.15, 0.2) is 0 Å². The molecule has 2 aromatic carbocycles. The number of thiophene rings is 1. The lowest BCUT2D eigenvalue weighted by molar-refractivity contribution is 1.41. The van der Waals surface area contributed by atoms with E-state index in [0.717, 1.165) is 0 Å². The van der Waals surface area contributed by atoms with E-state index in [4.69, 9.17) is 0 Å². The Balaban J connectivity index is 1.43. The molecule has 0 amide bonds. The summed E-state index contributed by atoms with van der Waals surface area (Å²) in [4.78, 5) is 2.83. The number of benzene rings is 2. The van der Waals surface area contributed by atoms with Gasteiger partial charge in [0.25, 0.3) is 0 Å². The minimum atomic E-state index is 1.18. The Hall–Kier alpha value is -0.280. The predicted octanol–water partition coefficient (Wildman–Crippen LogP) is 9.45. The van der Waals surface area contributed by atoms with E-state index in [0.29, 0.717) is 0 Å². The van der Waals surface area contributed by atoms with Crippen LogP contribution in [0.25, 0.3) is 21.6 Å². The topological polar surface area (TPSA) is 0 Å². The van der Waals surface area contributed by atoms with Gasteiger partial charge in [-0.2, -0.15) is 0 Å². The zero-order chi connectivity index (χ0) is 18.5. The van der Waals surface area contributed by atoms with Gasteiger partial charge in [0, 0.05) is 20.4 Å². The molecule has 4 heterocycles. The highest BCUT2D eigenvalue weighted by Crippen LogP contribution is 2.69. The molecule has 6 rings (SSSR count). The second-order valence-corrected chi connectivity index (χ2v) is 14.9. The minimum Gasteiger partial charge on any atom is -0.127 e. The molecule has 28 heavy (non-hydrogen) atoms. The summed E-state index contributed by atoms with van der Waals surface area (Å²) in [7, 11) is 0. The summed E-state index contributed by atoms with van der Waals surface area (Å²) >= 11 is 13.8. The Morgan fingerprint density at radius 2 is 1.18 bits per heavy atom. The standard InChI is InChI=1S/C21H12S7/c1-3-7-12(8-4-1)14-15(13-9-5-2-6-10-13)24-17-16(14)25-20(26-17)21-27-18-19(28-21)23-11-22-18/h1-10H,11H2. The van der Waals surface area contributed by atoms with E-state index in [9.17, 15) is 0 Å². The van der Waals surface area contributed by atoms with E-state index in [1.165, 1.54) is 52.7 Å². The van der Waals surface area contributed by atoms with E-state index >= 15 is 0 Å². The lowest BCUT2D eigenvalue weighted by Crippen LogP contribution is -1.81. The third kappa shape index (κ3) is 3.23. The smallest absolute Gasteiger partial charge is 0.0805 e. The third-order valence-corrected chi connectivity index (χ3v) is 14.6. The van der Waals surface area contributed by atoms with Gasteiger partial charge in [-0.05, 0) is 11.1 Å². The normalized spacial score (nSPS) is 18.1. The Labute approximate surface area is 193 Å². The van der Waals surface area contributed by atoms with Crippen LogP contribution >= 0.6 is 81.9 Å². The first-order valence-electron chi connectivity index (χ1n) is 8.60. The number of hydrogen-bond donors (Lipinski definition) is 0. The van der Waals surface area contributed by atoms with E-state index < -0.39 is 0 Å². The molecule has 0 saturated carbocycles. The van der Waals surface area contributed by atoms with Crippen molar-refractivity contribution in [3.63, 3.8) is 0 Å². The molecule has 0 radical (unpaired) electrons. The van der Waals surface area contributed by atoms with Crippen LogP contribution in [-0.4, -0.2) is 5.08 Å². The first-order chi connectivity index (χ1) is 13.9. The predicted molar refractivity (Wildman–Crippen MR) is 136 cm³/mol. The van der Waals surface area contributed by atoms with Gasteiger partial charge in [0.05, 0.1) is 21.2 Å². The van der Waals surface area contributed by atoms with Crippen molar-refractivity contribution in [2.75, 3.05) is 5.08 Å². The fourth-order valence-corrected chi connectivity index (χ4v) is 14.3. The highest BCUT2D eigenvalue weighted by atomic mass is 32.3. The van der Waals surface area contributed by atoms with Gasteiger partial charge in [-0.3, -0.25) is 0 Å². The number of fused-ring (bicyclic) bond motifs is 1. The number of hydrogen-bond acceptors (Lipinski definition) is 7. The van der Waals surface area contributed by atoms with Crippen molar-refractivity contribution in [3.8, 4) is 21.6 Å². The zero-order valence-electron chi connectivity index (χ0n) is 14.3. The second-order valence-electron chi connectivity index (χ2n) is 6.12. The molecule has 0 fully saturated rings. The summed E-state index contributed by atoms with van der Waals surface area (Å²) in [6.45, 7) is 0. The molecule has 0 saturated heterocycles. The molecule has 0 atom stereocenters. The van der Waals surface area contributed by atoms with Crippen LogP contribution in [0.15, 0.2) is 86.7 Å². The first-order valence-corrected chi connectivity index (χ1v) is 14.7. The summed E-state index contributed by atoms with van der Waals surface area (Å²) in [6, 6.07) is 21.7. The average Bonchev–Trinajstić information content (AvgIpc) is 3.48. The highest BCUT2D eigenvalue weighted by Gasteiger charge is 2.34. The van der Waals surface area contributed by atoms with Crippen LogP contribution in [0.5, 0.6) is 0 Å². The molecular weight excluding hydrogens is 477 g/mol. The van der Waals surface area contributed by atoms with E-state index in [2.05, 4.69) is 60.7 Å². The second kappa shape index (κ2) is 7.76. The summed E-state index contributed by atoms with van der Waals surface area (Å²) < 4.78 is 7.41. The summed E-state index contributed by atoms with van der Waals surface area (Å²) in [5.41, 5.74) is 4.03. The van der Waals surface area contributed by atoms with Crippen LogP contribution in [0.2, 0.25) is 0 Å². The first kappa shape index (κ1) is 18.5. The Kier molecular flexibility index (Phi) is 5.12. The van der Waals surface area contributed by atoms with Gasteiger partial charge in [-0.15, -0.1) is 34.9 Å². The quantitative estimate of drug-likeness (QED) is 0.350. The molecule has 3 aromatic rings. The molecule has 138 valence electrons. The fourth-order valence-electron chi connectivity index (χ4n) is 3.17. The zero-order valence-corrected chi connectivity index (χ0v) is 20.1. The van der Waals surface area contributed by atoms with Gasteiger partial charge in [-0.1, -0.05) is 108 Å². The monoisotopic (exact) mass is 488 g/mol. The van der Waals surface area contributed by atoms with Gasteiger partial charge < -0.3 is 0 Å². The van der Waals surface area contributed by atoms with Crippen LogP contribution < -0.4 is 0 Å². The summed E-state index contributed by atoms with van der Waals surface area (Å²) in [5, 5.41) is 1.18. The molecule has 3 aliphatic rings. The van der Waals surface area contributed by atoms with Crippen molar-refractivity contribution in [1.82, 2.24) is 0 Å². The van der Waals surface area contributed by atoms with Crippen molar-refractivity contribution in [2.24, 2.45) is 0 Å². The Bertz CT molecular complexity index is 1110. The average molecular weight is 489 g/mol. The minimum absolute atomic E-state index is 1.18. The largest absolute Gasteiger partial charge is 0.127 e. The van der Waals surface area contributed by atoms with Crippen molar-refractivity contribution in [3.05, 3.63) is 77.6 Å².